The largest absolute Gasteiger partial charge is 0.439 e. The molecule has 0 aliphatic heterocycles. The summed E-state index contributed by atoms with van der Waals surface area (Å²) >= 11 is 0. The van der Waals surface area contributed by atoms with E-state index in [0.717, 1.165) is 11.3 Å². The molecule has 20 heavy (non-hydrogen) atoms. The Morgan fingerprint density at radius 2 is 1.85 bits per heavy atom. The van der Waals surface area contributed by atoms with E-state index in [2.05, 4.69) is 42.2 Å². The van der Waals surface area contributed by atoms with Crippen LogP contribution in [0.5, 0.6) is 11.6 Å². The molecule has 5 nitrogen and oxygen atoms in total. The van der Waals surface area contributed by atoms with Crippen molar-refractivity contribution in [2.45, 2.75) is 33.1 Å². The smallest absolute Gasteiger partial charge is 0.224 e. The van der Waals surface area contributed by atoms with Gasteiger partial charge in [0.25, 0.3) is 0 Å². The number of benzene rings is 1. The van der Waals surface area contributed by atoms with Gasteiger partial charge in [-0.05, 0) is 18.4 Å². The summed E-state index contributed by atoms with van der Waals surface area (Å²) in [4.78, 5) is 8.41. The first-order valence-corrected chi connectivity index (χ1v) is 6.50. The van der Waals surface area contributed by atoms with Crippen molar-refractivity contribution in [3.05, 3.63) is 41.7 Å². The summed E-state index contributed by atoms with van der Waals surface area (Å²) in [6.07, 6.45) is 0. The number of aromatic nitrogens is 2. The van der Waals surface area contributed by atoms with Gasteiger partial charge in [0, 0.05) is 11.6 Å². The lowest BCUT2D eigenvalue weighted by atomic mass is 9.86. The summed E-state index contributed by atoms with van der Waals surface area (Å²) in [5.41, 5.74) is 3.63. The third-order valence-electron chi connectivity index (χ3n) is 2.87. The van der Waals surface area contributed by atoms with E-state index < -0.39 is 0 Å². The van der Waals surface area contributed by atoms with Crippen molar-refractivity contribution in [1.29, 1.82) is 0 Å². The maximum absolute atomic E-state index is 5.91. The molecule has 0 radical (unpaired) electrons. The molecule has 2 rings (SSSR count). The van der Waals surface area contributed by atoms with Crippen LogP contribution in [0, 0.1) is 6.92 Å². The number of nitrogens with one attached hydrogen (secondary N) is 1. The van der Waals surface area contributed by atoms with Gasteiger partial charge in [-0.15, -0.1) is 0 Å². The van der Waals surface area contributed by atoms with Gasteiger partial charge < -0.3 is 10.2 Å². The lowest BCUT2D eigenvalue weighted by Crippen LogP contribution is -2.13. The number of rotatable bonds is 3. The highest BCUT2D eigenvalue weighted by Crippen LogP contribution is 2.33. The summed E-state index contributed by atoms with van der Waals surface area (Å²) in [5, 5.41) is 0. The Hall–Kier alpha value is -2.14. The van der Waals surface area contributed by atoms with Crippen molar-refractivity contribution in [2.75, 3.05) is 5.43 Å². The second-order valence-electron chi connectivity index (χ2n) is 5.63. The second kappa shape index (κ2) is 5.46. The Labute approximate surface area is 119 Å². The monoisotopic (exact) mass is 272 g/mol. The van der Waals surface area contributed by atoms with Crippen LogP contribution in [-0.2, 0) is 5.41 Å². The second-order valence-corrected chi connectivity index (χ2v) is 5.63. The minimum absolute atomic E-state index is 0.00633. The summed E-state index contributed by atoms with van der Waals surface area (Å²) < 4.78 is 5.91. The lowest BCUT2D eigenvalue weighted by Gasteiger charge is -2.22. The molecule has 0 amide bonds. The number of hydrogen-bond acceptors (Lipinski definition) is 5. The molecular weight excluding hydrogens is 252 g/mol. The molecule has 2 aromatic rings. The van der Waals surface area contributed by atoms with E-state index in [1.165, 1.54) is 0 Å². The van der Waals surface area contributed by atoms with Crippen LogP contribution in [0.1, 0.15) is 32.2 Å². The average Bonchev–Trinajstić information content (AvgIpc) is 2.37. The molecule has 0 aliphatic rings. The molecule has 0 aliphatic carbocycles. The van der Waals surface area contributed by atoms with Gasteiger partial charge in [0.15, 0.2) is 0 Å². The number of nitrogen functional groups attached to an aromatic ring is 1. The van der Waals surface area contributed by atoms with E-state index in [1.54, 1.807) is 13.0 Å². The van der Waals surface area contributed by atoms with Gasteiger partial charge in [0.1, 0.15) is 17.4 Å². The van der Waals surface area contributed by atoms with Gasteiger partial charge >= 0.3 is 0 Å². The highest BCUT2D eigenvalue weighted by Gasteiger charge is 2.19. The van der Waals surface area contributed by atoms with Gasteiger partial charge in [0.05, 0.1) is 0 Å². The molecule has 5 heteroatoms. The van der Waals surface area contributed by atoms with Gasteiger partial charge in [-0.25, -0.2) is 10.8 Å². The molecule has 0 saturated heterocycles. The molecule has 0 saturated carbocycles. The van der Waals surface area contributed by atoms with E-state index in [-0.39, 0.29) is 5.41 Å². The molecule has 3 N–H and O–H groups in total. The maximum atomic E-state index is 5.91. The van der Waals surface area contributed by atoms with Crippen molar-refractivity contribution in [3.63, 3.8) is 0 Å². The number of para-hydroxylation sites is 1. The van der Waals surface area contributed by atoms with Crippen LogP contribution in [0.4, 0.5) is 5.82 Å². The van der Waals surface area contributed by atoms with Crippen LogP contribution in [-0.4, -0.2) is 9.97 Å². The van der Waals surface area contributed by atoms with Crippen molar-refractivity contribution in [1.82, 2.24) is 9.97 Å². The Kier molecular flexibility index (Phi) is 3.90. The Morgan fingerprint density at radius 1 is 1.15 bits per heavy atom. The predicted molar refractivity (Wildman–Crippen MR) is 79.8 cm³/mol. The number of ether oxygens (including phenoxy) is 1. The maximum Gasteiger partial charge on any atom is 0.224 e. The normalized spacial score (nSPS) is 11.2. The first kappa shape index (κ1) is 14.3. The predicted octanol–water partition coefficient (Wildman–Crippen LogP) is 3.16. The number of aryl methyl sites for hydroxylation is 1. The van der Waals surface area contributed by atoms with E-state index in [4.69, 9.17) is 10.6 Å². The first-order chi connectivity index (χ1) is 9.40. The van der Waals surface area contributed by atoms with E-state index in [0.29, 0.717) is 17.5 Å². The standard InChI is InChI=1S/C15H20N4O/c1-10-17-13(19-16)9-14(18-10)20-12-8-6-5-7-11(12)15(2,3)4/h5-9H,16H2,1-4H3,(H,17,18,19). The van der Waals surface area contributed by atoms with Gasteiger partial charge in [-0.2, -0.15) is 4.98 Å². The van der Waals surface area contributed by atoms with E-state index in [1.807, 2.05) is 18.2 Å². The number of nitrogens with zero attached hydrogens (tertiary/aromatic N) is 2. The number of anilines is 1. The van der Waals surface area contributed by atoms with Crippen LogP contribution in [0.3, 0.4) is 0 Å². The molecule has 0 atom stereocenters. The molecule has 1 aromatic heterocycles. The number of nitrogens with two attached hydrogens (primary N) is 1. The van der Waals surface area contributed by atoms with Crippen LogP contribution < -0.4 is 16.0 Å². The van der Waals surface area contributed by atoms with Crippen molar-refractivity contribution in [3.8, 4) is 11.6 Å². The Balaban J connectivity index is 2.38. The van der Waals surface area contributed by atoms with Gasteiger partial charge in [0.2, 0.25) is 5.88 Å². The summed E-state index contributed by atoms with van der Waals surface area (Å²) in [6.45, 7) is 8.23. The summed E-state index contributed by atoms with van der Waals surface area (Å²) in [7, 11) is 0. The molecule has 1 aromatic carbocycles. The Bertz CT molecular complexity index is 605. The zero-order valence-electron chi connectivity index (χ0n) is 12.3. The fourth-order valence-electron chi connectivity index (χ4n) is 1.95. The molecular formula is C15H20N4O. The van der Waals surface area contributed by atoms with Crippen LogP contribution in [0.25, 0.3) is 0 Å². The molecule has 1 heterocycles. The Morgan fingerprint density at radius 3 is 2.50 bits per heavy atom. The highest BCUT2D eigenvalue weighted by atomic mass is 16.5. The highest BCUT2D eigenvalue weighted by molar-refractivity contribution is 5.43. The third-order valence-corrected chi connectivity index (χ3v) is 2.87. The quantitative estimate of drug-likeness (QED) is 0.663. The molecule has 106 valence electrons. The molecule has 0 unspecified atom stereocenters. The van der Waals surface area contributed by atoms with Gasteiger partial charge in [-0.1, -0.05) is 39.0 Å². The fourth-order valence-corrected chi connectivity index (χ4v) is 1.95. The average molecular weight is 272 g/mol. The third kappa shape index (κ3) is 3.24. The SMILES string of the molecule is Cc1nc(NN)cc(Oc2ccccc2C(C)(C)C)n1. The van der Waals surface area contributed by atoms with E-state index >= 15 is 0 Å². The van der Waals surface area contributed by atoms with Crippen molar-refractivity contribution in [2.24, 2.45) is 5.84 Å². The summed E-state index contributed by atoms with van der Waals surface area (Å²) in [5.74, 6) is 7.78. The fraction of sp³-hybridized carbons (Fsp3) is 0.333. The van der Waals surface area contributed by atoms with Crippen LogP contribution >= 0.6 is 0 Å². The zero-order chi connectivity index (χ0) is 14.8. The number of hydrazine groups is 1. The van der Waals surface area contributed by atoms with Crippen molar-refractivity contribution < 1.29 is 4.74 Å². The molecule has 0 bridgehead atoms. The topological polar surface area (TPSA) is 73.1 Å². The molecule has 0 fully saturated rings. The zero-order valence-corrected chi connectivity index (χ0v) is 12.3. The summed E-state index contributed by atoms with van der Waals surface area (Å²) in [6, 6.07) is 9.62. The lowest BCUT2D eigenvalue weighted by molar-refractivity contribution is 0.438. The van der Waals surface area contributed by atoms with E-state index in [9.17, 15) is 0 Å². The number of hydrogen-bond donors (Lipinski definition) is 2. The minimum atomic E-state index is -0.00633. The minimum Gasteiger partial charge on any atom is -0.439 e. The van der Waals surface area contributed by atoms with Crippen molar-refractivity contribution >= 4 is 5.82 Å². The van der Waals surface area contributed by atoms with Crippen LogP contribution in [0.15, 0.2) is 30.3 Å². The first-order valence-electron chi connectivity index (χ1n) is 6.50. The molecule has 0 spiro atoms. The van der Waals surface area contributed by atoms with Crippen LogP contribution in [0.2, 0.25) is 0 Å². The van der Waals surface area contributed by atoms with Gasteiger partial charge in [-0.3, -0.25) is 0 Å².